The van der Waals surface area contributed by atoms with E-state index in [1.807, 2.05) is 59.4 Å². The number of aromatic nitrogens is 3. The maximum atomic E-state index is 14.1. The molecule has 2 aliphatic rings. The lowest BCUT2D eigenvalue weighted by Gasteiger charge is -2.09. The van der Waals surface area contributed by atoms with E-state index in [-0.39, 0.29) is 11.4 Å². The predicted octanol–water partition coefficient (Wildman–Crippen LogP) is 6.70. The summed E-state index contributed by atoms with van der Waals surface area (Å²) >= 11 is 6.29. The second-order valence-corrected chi connectivity index (χ2v) is 7.62. The van der Waals surface area contributed by atoms with Crippen LogP contribution < -0.4 is 0 Å². The molecule has 3 aromatic carbocycles. The largest absolute Gasteiger partial charge is 0.348 e. The molecule has 31 heavy (non-hydrogen) atoms. The number of imidazole rings is 1. The minimum atomic E-state index is -0.940. The minimum Gasteiger partial charge on any atom is -0.348 e. The van der Waals surface area contributed by atoms with E-state index < -0.39 is 11.6 Å². The second-order valence-electron chi connectivity index (χ2n) is 7.21. The molecule has 6 heteroatoms. The van der Waals surface area contributed by atoms with Crippen LogP contribution in [0.15, 0.2) is 85.2 Å². The average Bonchev–Trinajstić information content (AvgIpc) is 3.20. The number of nitrogens with zero attached hydrogens (tertiary/aromatic N) is 3. The van der Waals surface area contributed by atoms with Crippen LogP contribution in [0.3, 0.4) is 0 Å². The van der Waals surface area contributed by atoms with Gasteiger partial charge in [-0.3, -0.25) is 0 Å². The third-order valence-electron chi connectivity index (χ3n) is 5.12. The molecular formula is C25H16ClF2N3. The molecule has 3 nitrogen and oxygen atoms in total. The topological polar surface area (TPSA) is 30.7 Å². The van der Waals surface area contributed by atoms with Gasteiger partial charge in [0.1, 0.15) is 5.69 Å². The first-order valence-corrected chi connectivity index (χ1v) is 10.1. The fourth-order valence-electron chi connectivity index (χ4n) is 3.54. The van der Waals surface area contributed by atoms with Gasteiger partial charge in [0.15, 0.2) is 17.5 Å². The summed E-state index contributed by atoms with van der Waals surface area (Å²) in [7, 11) is 0. The standard InChI is InChI=1S/C25H16ClF2N3/c26-20-6-2-1-4-18(20)17-10-8-16(9-11-17)14-31-13-12-22-23(15-31)30-25(29-22)19-5-3-7-21(27)24(19)28/h1-13,15H,14H2. The van der Waals surface area contributed by atoms with Crippen molar-refractivity contribution in [2.24, 2.45) is 0 Å². The van der Waals surface area contributed by atoms with Crippen LogP contribution >= 0.6 is 11.6 Å². The highest BCUT2D eigenvalue weighted by Gasteiger charge is 2.17. The first-order chi connectivity index (χ1) is 15.1. The molecule has 0 spiro atoms. The molecule has 0 unspecified atom stereocenters. The van der Waals surface area contributed by atoms with Crippen molar-refractivity contribution in [3.63, 3.8) is 0 Å². The van der Waals surface area contributed by atoms with Gasteiger partial charge in [-0.1, -0.05) is 60.1 Å². The van der Waals surface area contributed by atoms with Crippen LogP contribution in [0.1, 0.15) is 5.56 Å². The van der Waals surface area contributed by atoms with Crippen LogP contribution in [0, 0.1) is 11.6 Å². The van der Waals surface area contributed by atoms with Crippen molar-refractivity contribution in [3.05, 3.63) is 107 Å². The molecule has 0 aromatic heterocycles. The van der Waals surface area contributed by atoms with Crippen LogP contribution in [0.25, 0.3) is 33.9 Å². The first kappa shape index (κ1) is 19.4. The molecule has 0 saturated carbocycles. The van der Waals surface area contributed by atoms with Crippen LogP contribution in [0.4, 0.5) is 8.78 Å². The fourth-order valence-corrected chi connectivity index (χ4v) is 3.79. The molecule has 0 atom stereocenters. The smallest absolute Gasteiger partial charge is 0.169 e. The van der Waals surface area contributed by atoms with Gasteiger partial charge in [0.25, 0.3) is 0 Å². The Hall–Kier alpha value is -3.57. The first-order valence-electron chi connectivity index (χ1n) is 9.70. The van der Waals surface area contributed by atoms with Gasteiger partial charge in [0.05, 0.1) is 11.3 Å². The summed E-state index contributed by atoms with van der Waals surface area (Å²) in [5, 5.41) is 0.718. The number of hydrogen-bond donors (Lipinski definition) is 0. The Kier molecular flexibility index (Phi) is 4.96. The lowest BCUT2D eigenvalue weighted by Crippen LogP contribution is -2.00. The van der Waals surface area contributed by atoms with Gasteiger partial charge >= 0.3 is 0 Å². The zero-order valence-electron chi connectivity index (χ0n) is 16.3. The summed E-state index contributed by atoms with van der Waals surface area (Å²) in [4.78, 5) is 8.74. The van der Waals surface area contributed by atoms with Gasteiger partial charge in [-0.05, 0) is 35.4 Å². The Morgan fingerprint density at radius 2 is 1.52 bits per heavy atom. The maximum Gasteiger partial charge on any atom is 0.169 e. The van der Waals surface area contributed by atoms with Crippen LogP contribution in [0.2, 0.25) is 5.02 Å². The molecule has 5 rings (SSSR count). The number of pyridine rings is 1. The third-order valence-corrected chi connectivity index (χ3v) is 5.45. The normalized spacial score (nSPS) is 11.2. The van der Waals surface area contributed by atoms with Crippen LogP contribution in [-0.2, 0) is 6.54 Å². The molecular weight excluding hydrogens is 416 g/mol. The molecule has 152 valence electrons. The second kappa shape index (κ2) is 7.93. The monoisotopic (exact) mass is 431 g/mol. The summed E-state index contributed by atoms with van der Waals surface area (Å²) in [6, 6.07) is 21.8. The van der Waals surface area contributed by atoms with Gasteiger partial charge < -0.3 is 4.57 Å². The molecule has 2 heterocycles. The van der Waals surface area contributed by atoms with Gasteiger partial charge in [-0.2, -0.15) is 0 Å². The van der Waals surface area contributed by atoms with E-state index in [9.17, 15) is 8.78 Å². The van der Waals surface area contributed by atoms with E-state index in [2.05, 4.69) is 22.1 Å². The Morgan fingerprint density at radius 3 is 2.32 bits per heavy atom. The Morgan fingerprint density at radius 1 is 0.774 bits per heavy atom. The Labute approximate surface area is 182 Å². The van der Waals surface area contributed by atoms with E-state index in [0.717, 1.165) is 27.8 Å². The van der Waals surface area contributed by atoms with Crippen molar-refractivity contribution < 1.29 is 8.78 Å². The molecule has 0 saturated heterocycles. The molecule has 0 radical (unpaired) electrons. The lowest BCUT2D eigenvalue weighted by atomic mass is 10.0. The number of halogens is 3. The highest BCUT2D eigenvalue weighted by Crippen LogP contribution is 2.29. The zero-order valence-corrected chi connectivity index (χ0v) is 17.0. The van der Waals surface area contributed by atoms with E-state index in [1.54, 1.807) is 0 Å². The summed E-state index contributed by atoms with van der Waals surface area (Å²) in [5.74, 6) is -1.68. The SMILES string of the molecule is Fc1cccc(-c2nc3ccn(Cc4ccc(-c5ccccc5Cl)cc4)cc-3n2)c1F. The molecule has 0 aliphatic carbocycles. The number of rotatable bonds is 4. The summed E-state index contributed by atoms with van der Waals surface area (Å²) in [5.41, 5.74) is 4.46. The van der Waals surface area contributed by atoms with Crippen LogP contribution in [-0.4, -0.2) is 14.5 Å². The fraction of sp³-hybridized carbons (Fsp3) is 0.0400. The molecule has 0 N–H and O–H groups in total. The lowest BCUT2D eigenvalue weighted by molar-refractivity contribution is 0.510. The molecule has 3 aromatic rings. The molecule has 0 bridgehead atoms. The molecule has 0 amide bonds. The van der Waals surface area contributed by atoms with Crippen molar-refractivity contribution in [2.75, 3.05) is 0 Å². The predicted molar refractivity (Wildman–Crippen MR) is 118 cm³/mol. The van der Waals surface area contributed by atoms with Crippen LogP contribution in [0.5, 0.6) is 0 Å². The van der Waals surface area contributed by atoms with Gasteiger partial charge in [0.2, 0.25) is 0 Å². The molecule has 2 aliphatic heterocycles. The molecule has 0 fully saturated rings. The van der Waals surface area contributed by atoms with E-state index in [0.29, 0.717) is 17.9 Å². The average molecular weight is 432 g/mol. The van der Waals surface area contributed by atoms with Crippen molar-refractivity contribution >= 4 is 11.6 Å². The van der Waals surface area contributed by atoms with Crippen molar-refractivity contribution in [2.45, 2.75) is 6.54 Å². The summed E-state index contributed by atoms with van der Waals surface area (Å²) < 4.78 is 29.6. The minimum absolute atomic E-state index is 0.0536. The van der Waals surface area contributed by atoms with Crippen molar-refractivity contribution in [1.29, 1.82) is 0 Å². The van der Waals surface area contributed by atoms with Crippen molar-refractivity contribution in [1.82, 2.24) is 14.5 Å². The van der Waals surface area contributed by atoms with Gasteiger partial charge in [-0.25, -0.2) is 18.7 Å². The number of benzene rings is 3. The summed E-state index contributed by atoms with van der Waals surface area (Å²) in [6.45, 7) is 0.634. The zero-order chi connectivity index (χ0) is 21.4. The number of hydrogen-bond acceptors (Lipinski definition) is 2. The van der Waals surface area contributed by atoms with E-state index in [4.69, 9.17) is 11.6 Å². The quantitative estimate of drug-likeness (QED) is 0.317. The maximum absolute atomic E-state index is 14.1. The highest BCUT2D eigenvalue weighted by molar-refractivity contribution is 6.33. The Bertz CT molecular complexity index is 1350. The highest BCUT2D eigenvalue weighted by atomic mass is 35.5. The Balaban J connectivity index is 1.41. The van der Waals surface area contributed by atoms with Gasteiger partial charge in [0, 0.05) is 29.5 Å². The van der Waals surface area contributed by atoms with Gasteiger partial charge in [-0.15, -0.1) is 0 Å². The number of fused-ring (bicyclic) bond motifs is 1. The van der Waals surface area contributed by atoms with E-state index in [1.165, 1.54) is 12.1 Å². The third kappa shape index (κ3) is 3.80. The summed E-state index contributed by atoms with van der Waals surface area (Å²) in [6.07, 6.45) is 3.75. The van der Waals surface area contributed by atoms with E-state index >= 15 is 0 Å². The van der Waals surface area contributed by atoms with Crippen molar-refractivity contribution in [3.8, 4) is 33.9 Å².